The van der Waals surface area contributed by atoms with E-state index in [4.69, 9.17) is 4.74 Å². The van der Waals surface area contributed by atoms with Gasteiger partial charge in [-0.15, -0.1) is 11.8 Å². The minimum absolute atomic E-state index is 0.00923. The fourth-order valence-electron chi connectivity index (χ4n) is 2.53. The number of aryl methyl sites for hydroxylation is 1. The summed E-state index contributed by atoms with van der Waals surface area (Å²) in [6.45, 7) is -0.457. The monoisotopic (exact) mass is 395 g/mol. The molecule has 0 atom stereocenters. The van der Waals surface area contributed by atoms with Gasteiger partial charge in [-0.25, -0.2) is 0 Å². The number of halogens is 2. The molecule has 4 nitrogen and oxygen atoms in total. The number of hydrogen-bond acceptors (Lipinski definition) is 4. The molecule has 2 aromatic rings. The van der Waals surface area contributed by atoms with E-state index in [0.717, 1.165) is 11.3 Å². The average molecular weight is 395 g/mol. The summed E-state index contributed by atoms with van der Waals surface area (Å²) in [6.07, 6.45) is 0.512. The van der Waals surface area contributed by atoms with Crippen LogP contribution in [-0.4, -0.2) is 31.9 Å². The van der Waals surface area contributed by atoms with Gasteiger partial charge in [-0.3, -0.25) is 4.79 Å². The van der Waals surface area contributed by atoms with Crippen molar-refractivity contribution in [3.63, 3.8) is 0 Å². The van der Waals surface area contributed by atoms with Gasteiger partial charge in [0.1, 0.15) is 0 Å². The van der Waals surface area contributed by atoms with E-state index in [2.05, 4.69) is 16.1 Å². The molecule has 7 heteroatoms. The Morgan fingerprint density at radius 2 is 1.96 bits per heavy atom. The van der Waals surface area contributed by atoms with Crippen LogP contribution >= 0.6 is 11.8 Å². The molecule has 0 fully saturated rings. The normalized spacial score (nSPS) is 10.7. The number of alkyl halides is 2. The molecule has 1 amide bonds. The van der Waals surface area contributed by atoms with Crippen LogP contribution in [0.5, 0.6) is 11.5 Å². The molecule has 0 bridgehead atoms. The number of hydrogen-bond donors (Lipinski definition) is 1. The van der Waals surface area contributed by atoms with Gasteiger partial charge in [-0.2, -0.15) is 8.78 Å². The number of rotatable bonds is 10. The highest BCUT2D eigenvalue weighted by molar-refractivity contribution is 7.99. The Kier molecular flexibility index (Phi) is 8.39. The van der Waals surface area contributed by atoms with Crippen LogP contribution in [-0.2, 0) is 17.0 Å². The molecule has 0 saturated heterocycles. The number of nitrogens with one attached hydrogen (secondary N) is 1. The number of carbonyl (C=O) groups excluding carboxylic acids is 1. The van der Waals surface area contributed by atoms with Gasteiger partial charge < -0.3 is 14.8 Å². The second kappa shape index (κ2) is 10.8. The predicted octanol–water partition coefficient (Wildman–Crippen LogP) is 4.20. The summed E-state index contributed by atoms with van der Waals surface area (Å²) >= 11 is 1.55. The maximum absolute atomic E-state index is 12.5. The Labute approximate surface area is 162 Å². The molecule has 2 aromatic carbocycles. The zero-order valence-electron chi connectivity index (χ0n) is 15.3. The van der Waals surface area contributed by atoms with E-state index in [1.54, 1.807) is 23.9 Å². The van der Waals surface area contributed by atoms with Gasteiger partial charge >= 0.3 is 6.61 Å². The molecule has 0 aliphatic heterocycles. The summed E-state index contributed by atoms with van der Waals surface area (Å²) in [4.78, 5) is 11.9. The molecule has 0 aliphatic carbocycles. The highest BCUT2D eigenvalue weighted by Crippen LogP contribution is 2.29. The van der Waals surface area contributed by atoms with Crippen molar-refractivity contribution < 1.29 is 23.0 Å². The molecule has 0 unspecified atom stereocenters. The SMILES string of the molecule is COc1ccc(CCNC(=O)CSCc2cccc(C)c2)cc1OC(F)F. The minimum atomic E-state index is -2.92. The smallest absolute Gasteiger partial charge is 0.387 e. The van der Waals surface area contributed by atoms with Crippen molar-refractivity contribution >= 4 is 17.7 Å². The van der Waals surface area contributed by atoms with Gasteiger partial charge in [-0.05, 0) is 36.6 Å². The first-order chi connectivity index (χ1) is 13.0. The Hall–Kier alpha value is -2.28. The van der Waals surface area contributed by atoms with E-state index in [0.29, 0.717) is 18.7 Å². The number of carbonyl (C=O) groups is 1. The predicted molar refractivity (Wildman–Crippen MR) is 104 cm³/mol. The highest BCUT2D eigenvalue weighted by Gasteiger charge is 2.11. The topological polar surface area (TPSA) is 47.6 Å². The lowest BCUT2D eigenvalue weighted by Crippen LogP contribution is -2.27. The van der Waals surface area contributed by atoms with Crippen LogP contribution in [0.25, 0.3) is 0 Å². The largest absolute Gasteiger partial charge is 0.493 e. The molecule has 0 spiro atoms. The fourth-order valence-corrected chi connectivity index (χ4v) is 3.33. The third-order valence-electron chi connectivity index (χ3n) is 3.76. The van der Waals surface area contributed by atoms with Gasteiger partial charge in [-0.1, -0.05) is 35.9 Å². The lowest BCUT2D eigenvalue weighted by atomic mass is 10.1. The van der Waals surface area contributed by atoms with E-state index in [1.807, 2.05) is 25.1 Å². The third-order valence-corrected chi connectivity index (χ3v) is 4.77. The first-order valence-electron chi connectivity index (χ1n) is 8.49. The molecular formula is C20H23F2NO3S. The van der Waals surface area contributed by atoms with Crippen molar-refractivity contribution in [2.75, 3.05) is 19.4 Å². The van der Waals surface area contributed by atoms with Crippen LogP contribution in [0, 0.1) is 6.92 Å². The summed E-state index contributed by atoms with van der Waals surface area (Å²) in [5.41, 5.74) is 3.17. The zero-order valence-corrected chi connectivity index (χ0v) is 16.2. The van der Waals surface area contributed by atoms with Crippen molar-refractivity contribution in [1.82, 2.24) is 5.32 Å². The molecule has 27 heavy (non-hydrogen) atoms. The number of ether oxygens (including phenoxy) is 2. The second-order valence-corrected chi connectivity index (χ2v) is 6.93. The Morgan fingerprint density at radius 1 is 1.15 bits per heavy atom. The van der Waals surface area contributed by atoms with Crippen LogP contribution in [0.2, 0.25) is 0 Å². The van der Waals surface area contributed by atoms with E-state index in [-0.39, 0.29) is 17.4 Å². The van der Waals surface area contributed by atoms with Crippen LogP contribution < -0.4 is 14.8 Å². The fraction of sp³-hybridized carbons (Fsp3) is 0.350. The number of amides is 1. The van der Waals surface area contributed by atoms with Crippen molar-refractivity contribution in [2.45, 2.75) is 25.7 Å². The van der Waals surface area contributed by atoms with Crippen LogP contribution in [0.4, 0.5) is 8.78 Å². The lowest BCUT2D eigenvalue weighted by molar-refractivity contribution is -0.118. The van der Waals surface area contributed by atoms with Crippen LogP contribution in [0.1, 0.15) is 16.7 Å². The molecule has 0 radical (unpaired) electrons. The van der Waals surface area contributed by atoms with Crippen molar-refractivity contribution in [3.8, 4) is 11.5 Å². The molecule has 146 valence electrons. The summed E-state index contributed by atoms with van der Waals surface area (Å²) < 4.78 is 34.4. The van der Waals surface area contributed by atoms with Gasteiger partial charge in [0, 0.05) is 12.3 Å². The molecular weight excluding hydrogens is 372 g/mol. The summed E-state index contributed by atoms with van der Waals surface area (Å²) in [7, 11) is 1.39. The van der Waals surface area contributed by atoms with Gasteiger partial charge in [0.25, 0.3) is 0 Å². The van der Waals surface area contributed by atoms with Crippen LogP contribution in [0.3, 0.4) is 0 Å². The van der Waals surface area contributed by atoms with Crippen LogP contribution in [0.15, 0.2) is 42.5 Å². The maximum Gasteiger partial charge on any atom is 0.387 e. The number of methoxy groups -OCH3 is 1. The standard InChI is InChI=1S/C20H23F2NO3S/c1-14-4-3-5-16(10-14)12-27-13-19(24)23-9-8-15-6-7-17(25-2)18(11-15)26-20(21)22/h3-7,10-11,20H,8-9,12-13H2,1-2H3,(H,23,24). The highest BCUT2D eigenvalue weighted by atomic mass is 32.2. The zero-order chi connectivity index (χ0) is 19.6. The second-order valence-electron chi connectivity index (χ2n) is 5.95. The maximum atomic E-state index is 12.5. The summed E-state index contributed by atoms with van der Waals surface area (Å²) in [5, 5.41) is 2.84. The van der Waals surface area contributed by atoms with Crippen molar-refractivity contribution in [3.05, 3.63) is 59.2 Å². The van der Waals surface area contributed by atoms with E-state index < -0.39 is 6.61 Å². The molecule has 0 saturated carbocycles. The molecule has 0 aromatic heterocycles. The van der Waals surface area contributed by atoms with E-state index in [1.165, 1.54) is 24.3 Å². The van der Waals surface area contributed by atoms with Gasteiger partial charge in [0.15, 0.2) is 11.5 Å². The Balaban J connectivity index is 1.74. The summed E-state index contributed by atoms with van der Waals surface area (Å²) in [5.74, 6) is 1.34. The van der Waals surface area contributed by atoms with E-state index >= 15 is 0 Å². The molecule has 0 aliphatic rings. The lowest BCUT2D eigenvalue weighted by Gasteiger charge is -2.12. The molecule has 1 N–H and O–H groups in total. The van der Waals surface area contributed by atoms with Gasteiger partial charge in [0.05, 0.1) is 12.9 Å². The number of thioether (sulfide) groups is 1. The average Bonchev–Trinajstić information content (AvgIpc) is 2.61. The Bertz CT molecular complexity index is 756. The quantitative estimate of drug-likeness (QED) is 0.655. The van der Waals surface area contributed by atoms with Gasteiger partial charge in [0.2, 0.25) is 5.91 Å². The molecule has 0 heterocycles. The summed E-state index contributed by atoms with van der Waals surface area (Å²) in [6, 6.07) is 13.0. The third kappa shape index (κ3) is 7.46. The first-order valence-corrected chi connectivity index (χ1v) is 9.65. The van der Waals surface area contributed by atoms with Crippen molar-refractivity contribution in [1.29, 1.82) is 0 Å². The van der Waals surface area contributed by atoms with Crippen molar-refractivity contribution in [2.24, 2.45) is 0 Å². The molecule has 2 rings (SSSR count). The minimum Gasteiger partial charge on any atom is -0.493 e. The van der Waals surface area contributed by atoms with E-state index in [9.17, 15) is 13.6 Å². The first kappa shape index (κ1) is 21.0. The Morgan fingerprint density at radius 3 is 2.67 bits per heavy atom. The number of benzene rings is 2.